The average molecular weight is 396 g/mol. The minimum atomic E-state index is -0.373. The van der Waals surface area contributed by atoms with E-state index in [4.69, 9.17) is 0 Å². The lowest BCUT2D eigenvalue weighted by atomic mass is 10.1. The van der Waals surface area contributed by atoms with Crippen LogP contribution in [-0.4, -0.2) is 25.0 Å². The van der Waals surface area contributed by atoms with E-state index in [0.29, 0.717) is 29.4 Å². The summed E-state index contributed by atoms with van der Waals surface area (Å²) in [6.45, 7) is 0.491. The number of hydrogen-bond donors (Lipinski definition) is 2. The number of halogens is 2. The van der Waals surface area contributed by atoms with Crippen LogP contribution in [0.2, 0.25) is 0 Å². The maximum atomic E-state index is 13.3. The standard InChI is InChI=1S/C22H22F2N4O/c1-28(2)22-19(26-21(29)13-16-4-3-5-18(24)12-16)10-11-20(27-22)25-14-15-6-8-17(23)9-7-15/h3-12H,13-14H2,1-2H3,(H,25,27)(H,26,29). The molecule has 1 heterocycles. The molecule has 0 unspecified atom stereocenters. The van der Waals surface area contributed by atoms with E-state index >= 15 is 0 Å². The van der Waals surface area contributed by atoms with Crippen molar-refractivity contribution < 1.29 is 13.6 Å². The molecule has 0 aliphatic carbocycles. The quantitative estimate of drug-likeness (QED) is 0.628. The van der Waals surface area contributed by atoms with Crippen molar-refractivity contribution in [3.05, 3.63) is 83.4 Å². The van der Waals surface area contributed by atoms with Crippen molar-refractivity contribution >= 4 is 23.2 Å². The third-order valence-electron chi connectivity index (χ3n) is 4.21. The first-order valence-corrected chi connectivity index (χ1v) is 9.11. The molecule has 3 rings (SSSR count). The molecule has 0 saturated carbocycles. The Kier molecular flexibility index (Phi) is 6.39. The SMILES string of the molecule is CN(C)c1nc(NCc2ccc(F)cc2)ccc1NC(=O)Cc1cccc(F)c1. The monoisotopic (exact) mass is 396 g/mol. The molecule has 0 aliphatic heterocycles. The van der Waals surface area contributed by atoms with Crippen LogP contribution in [-0.2, 0) is 17.8 Å². The number of amides is 1. The number of rotatable bonds is 7. The van der Waals surface area contributed by atoms with Gasteiger partial charge < -0.3 is 15.5 Å². The van der Waals surface area contributed by atoms with Gasteiger partial charge in [-0.3, -0.25) is 4.79 Å². The van der Waals surface area contributed by atoms with E-state index in [-0.39, 0.29) is 24.0 Å². The second-order valence-corrected chi connectivity index (χ2v) is 6.80. The third-order valence-corrected chi connectivity index (χ3v) is 4.21. The average Bonchev–Trinajstić information content (AvgIpc) is 2.68. The Labute approximate surface area is 168 Å². The molecule has 0 bridgehead atoms. The van der Waals surface area contributed by atoms with Crippen LogP contribution in [0.1, 0.15) is 11.1 Å². The van der Waals surface area contributed by atoms with Gasteiger partial charge in [0.25, 0.3) is 0 Å². The largest absolute Gasteiger partial charge is 0.366 e. The molecule has 2 aromatic carbocycles. The summed E-state index contributed by atoms with van der Waals surface area (Å²) >= 11 is 0. The van der Waals surface area contributed by atoms with E-state index < -0.39 is 0 Å². The van der Waals surface area contributed by atoms with Crippen molar-refractivity contribution in [2.45, 2.75) is 13.0 Å². The zero-order valence-corrected chi connectivity index (χ0v) is 16.2. The molecular formula is C22H22F2N4O. The van der Waals surface area contributed by atoms with Gasteiger partial charge in [0.05, 0.1) is 12.1 Å². The second kappa shape index (κ2) is 9.14. The molecule has 0 saturated heterocycles. The fraction of sp³-hybridized carbons (Fsp3) is 0.182. The number of benzene rings is 2. The van der Waals surface area contributed by atoms with E-state index in [9.17, 15) is 13.6 Å². The van der Waals surface area contributed by atoms with Crippen molar-refractivity contribution in [2.24, 2.45) is 0 Å². The summed E-state index contributed by atoms with van der Waals surface area (Å²) in [5.74, 6) is 0.304. The van der Waals surface area contributed by atoms with E-state index in [2.05, 4.69) is 15.6 Å². The Hall–Kier alpha value is -3.48. The van der Waals surface area contributed by atoms with E-state index in [1.807, 2.05) is 14.1 Å². The van der Waals surface area contributed by atoms with Gasteiger partial charge in [-0.25, -0.2) is 13.8 Å². The molecule has 29 heavy (non-hydrogen) atoms. The molecule has 7 heteroatoms. The van der Waals surface area contributed by atoms with Gasteiger partial charge in [-0.1, -0.05) is 24.3 Å². The molecule has 2 N–H and O–H groups in total. The summed E-state index contributed by atoms with van der Waals surface area (Å²) in [5.41, 5.74) is 2.08. The topological polar surface area (TPSA) is 57.3 Å². The molecule has 0 aliphatic rings. The van der Waals surface area contributed by atoms with Gasteiger partial charge in [0.1, 0.15) is 17.5 Å². The number of aromatic nitrogens is 1. The number of hydrogen-bond acceptors (Lipinski definition) is 4. The molecule has 150 valence electrons. The summed E-state index contributed by atoms with van der Waals surface area (Å²) < 4.78 is 26.3. The summed E-state index contributed by atoms with van der Waals surface area (Å²) in [7, 11) is 3.66. The van der Waals surface area contributed by atoms with Crippen molar-refractivity contribution in [1.82, 2.24) is 4.98 Å². The molecule has 0 radical (unpaired) electrons. The fourth-order valence-corrected chi connectivity index (χ4v) is 2.81. The van der Waals surface area contributed by atoms with Crippen LogP contribution in [0, 0.1) is 11.6 Å². The normalized spacial score (nSPS) is 10.5. The Bertz CT molecular complexity index is 990. The number of carbonyl (C=O) groups excluding carboxylic acids is 1. The predicted octanol–water partition coefficient (Wildman–Crippen LogP) is 4.22. The predicted molar refractivity (Wildman–Crippen MR) is 111 cm³/mol. The van der Waals surface area contributed by atoms with Gasteiger partial charge >= 0.3 is 0 Å². The van der Waals surface area contributed by atoms with Crippen molar-refractivity contribution in [2.75, 3.05) is 29.6 Å². The summed E-state index contributed by atoms with van der Waals surface area (Å²) in [5, 5.41) is 6.02. The highest BCUT2D eigenvalue weighted by molar-refractivity contribution is 5.95. The zero-order chi connectivity index (χ0) is 20.8. The highest BCUT2D eigenvalue weighted by Gasteiger charge is 2.12. The van der Waals surface area contributed by atoms with E-state index in [1.54, 1.807) is 41.3 Å². The van der Waals surface area contributed by atoms with E-state index in [0.717, 1.165) is 5.56 Å². The zero-order valence-electron chi connectivity index (χ0n) is 16.2. The third kappa shape index (κ3) is 5.75. The summed E-state index contributed by atoms with van der Waals surface area (Å²) in [6.07, 6.45) is 0.0647. The maximum absolute atomic E-state index is 13.3. The summed E-state index contributed by atoms with van der Waals surface area (Å²) in [6, 6.07) is 15.7. The van der Waals surface area contributed by atoms with Crippen LogP contribution < -0.4 is 15.5 Å². The van der Waals surface area contributed by atoms with Gasteiger partial charge in [0, 0.05) is 20.6 Å². The lowest BCUT2D eigenvalue weighted by Gasteiger charge is -2.18. The Morgan fingerprint density at radius 1 is 0.966 bits per heavy atom. The molecule has 1 amide bonds. The number of anilines is 3. The highest BCUT2D eigenvalue weighted by Crippen LogP contribution is 2.24. The lowest BCUT2D eigenvalue weighted by Crippen LogP contribution is -2.19. The van der Waals surface area contributed by atoms with E-state index in [1.165, 1.54) is 24.3 Å². The number of nitrogens with zero attached hydrogens (tertiary/aromatic N) is 2. The second-order valence-electron chi connectivity index (χ2n) is 6.80. The Balaban J connectivity index is 1.68. The van der Waals surface area contributed by atoms with Crippen LogP contribution in [0.4, 0.5) is 26.1 Å². The van der Waals surface area contributed by atoms with Crippen LogP contribution in [0.5, 0.6) is 0 Å². The molecule has 5 nitrogen and oxygen atoms in total. The summed E-state index contributed by atoms with van der Waals surface area (Å²) in [4.78, 5) is 18.7. The molecule has 0 spiro atoms. The Morgan fingerprint density at radius 3 is 2.41 bits per heavy atom. The van der Waals surface area contributed by atoms with Gasteiger partial charge in [0.15, 0.2) is 5.82 Å². The van der Waals surface area contributed by atoms with Gasteiger partial charge in [-0.2, -0.15) is 0 Å². The minimum Gasteiger partial charge on any atom is -0.366 e. The first-order chi connectivity index (χ1) is 13.9. The van der Waals surface area contributed by atoms with Crippen molar-refractivity contribution in [3.63, 3.8) is 0 Å². The van der Waals surface area contributed by atoms with Crippen LogP contribution >= 0.6 is 0 Å². The number of carbonyl (C=O) groups is 1. The first kappa shape index (κ1) is 20.3. The molecule has 3 aromatic rings. The fourth-order valence-electron chi connectivity index (χ4n) is 2.81. The molecule has 0 fully saturated rings. The first-order valence-electron chi connectivity index (χ1n) is 9.11. The van der Waals surface area contributed by atoms with Crippen molar-refractivity contribution in [1.29, 1.82) is 0 Å². The minimum absolute atomic E-state index is 0.0647. The maximum Gasteiger partial charge on any atom is 0.228 e. The molecule has 1 aromatic heterocycles. The Morgan fingerprint density at radius 2 is 1.72 bits per heavy atom. The van der Waals surface area contributed by atoms with Crippen molar-refractivity contribution in [3.8, 4) is 0 Å². The van der Waals surface area contributed by atoms with Gasteiger partial charge in [-0.15, -0.1) is 0 Å². The van der Waals surface area contributed by atoms with Crippen LogP contribution in [0.3, 0.4) is 0 Å². The molecule has 0 atom stereocenters. The van der Waals surface area contributed by atoms with Gasteiger partial charge in [0.2, 0.25) is 5.91 Å². The highest BCUT2D eigenvalue weighted by atomic mass is 19.1. The lowest BCUT2D eigenvalue weighted by molar-refractivity contribution is -0.115. The number of pyridine rings is 1. The van der Waals surface area contributed by atoms with Crippen LogP contribution in [0.25, 0.3) is 0 Å². The smallest absolute Gasteiger partial charge is 0.228 e. The molecular weight excluding hydrogens is 374 g/mol. The van der Waals surface area contributed by atoms with Crippen LogP contribution in [0.15, 0.2) is 60.7 Å². The number of nitrogens with one attached hydrogen (secondary N) is 2. The van der Waals surface area contributed by atoms with Gasteiger partial charge in [-0.05, 0) is 47.5 Å².